The van der Waals surface area contributed by atoms with Gasteiger partial charge in [-0.15, -0.1) is 0 Å². The van der Waals surface area contributed by atoms with Gasteiger partial charge < -0.3 is 29.6 Å². The predicted octanol–water partition coefficient (Wildman–Crippen LogP) is 2.54. The number of amides is 1. The molecule has 1 heterocycles. The van der Waals surface area contributed by atoms with Crippen molar-refractivity contribution < 1.29 is 29.5 Å². The van der Waals surface area contributed by atoms with Gasteiger partial charge in [0.15, 0.2) is 0 Å². The number of nitro groups is 1. The number of aliphatic hydroxyl groups is 1. The quantitative estimate of drug-likeness (QED) is 0.316. The topological polar surface area (TPSA) is 138 Å². The second-order valence-corrected chi connectivity index (χ2v) is 7.90. The van der Waals surface area contributed by atoms with Crippen LogP contribution in [0.3, 0.4) is 0 Å². The van der Waals surface area contributed by atoms with E-state index >= 15 is 0 Å². The van der Waals surface area contributed by atoms with Crippen molar-refractivity contribution >= 4 is 17.8 Å². The number of oxime groups is 1. The molecule has 1 unspecified atom stereocenters. The lowest BCUT2D eigenvalue weighted by molar-refractivity contribution is -0.384. The van der Waals surface area contributed by atoms with Crippen LogP contribution < -0.4 is 4.74 Å². The number of nitro benzene ring substituents is 1. The Morgan fingerprint density at radius 2 is 1.97 bits per heavy atom. The summed E-state index contributed by atoms with van der Waals surface area (Å²) in [6, 6.07) is 10.8. The lowest BCUT2D eigenvalue weighted by Crippen LogP contribution is -2.53. The number of nitrogens with zero attached hydrogens (tertiary/aromatic N) is 4. The van der Waals surface area contributed by atoms with Crippen LogP contribution in [0.5, 0.6) is 11.5 Å². The van der Waals surface area contributed by atoms with Gasteiger partial charge in [-0.1, -0.05) is 17.3 Å². The number of carbonyl (C=O) groups excluding carboxylic acids is 1. The number of methoxy groups -OCH3 is 1. The van der Waals surface area contributed by atoms with Gasteiger partial charge in [0.2, 0.25) is 5.72 Å². The number of benzene rings is 2. The van der Waals surface area contributed by atoms with Crippen LogP contribution in [0, 0.1) is 10.1 Å². The first kappa shape index (κ1) is 25.2. The Labute approximate surface area is 201 Å². The van der Waals surface area contributed by atoms with Gasteiger partial charge in [0.1, 0.15) is 24.3 Å². The lowest BCUT2D eigenvalue weighted by atomic mass is 9.97. The minimum Gasteiger partial charge on any atom is -0.507 e. The van der Waals surface area contributed by atoms with Crippen molar-refractivity contribution in [1.29, 1.82) is 0 Å². The van der Waals surface area contributed by atoms with Crippen LogP contribution in [-0.2, 0) is 22.8 Å². The third-order valence-electron chi connectivity index (χ3n) is 5.32. The fourth-order valence-corrected chi connectivity index (χ4v) is 3.35. The lowest BCUT2D eigenvalue weighted by Gasteiger charge is -2.39. The van der Waals surface area contributed by atoms with Crippen LogP contribution in [0.25, 0.3) is 0 Å². The summed E-state index contributed by atoms with van der Waals surface area (Å²) in [5.74, 6) is -0.0864. The average molecular weight is 482 g/mol. The predicted molar refractivity (Wildman–Crippen MR) is 127 cm³/mol. The van der Waals surface area contributed by atoms with Gasteiger partial charge in [0, 0.05) is 38.5 Å². The van der Waals surface area contributed by atoms with E-state index in [1.807, 2.05) is 0 Å². The SMILES string of the molecule is COc1ccc(CON=CC2(O)C(C(=O)N(C)C)=CC=CN2Cc2ccc([N+](=O)[O-])cc2O)cc1. The zero-order valence-corrected chi connectivity index (χ0v) is 19.5. The van der Waals surface area contributed by atoms with E-state index in [0.29, 0.717) is 11.3 Å². The van der Waals surface area contributed by atoms with E-state index in [2.05, 4.69) is 5.16 Å². The number of allylic oxidation sites excluding steroid dienone is 2. The number of rotatable bonds is 9. The van der Waals surface area contributed by atoms with E-state index in [1.54, 1.807) is 51.5 Å². The molecule has 2 N–H and O–H groups in total. The number of aromatic hydroxyl groups is 1. The minimum atomic E-state index is -2.02. The normalized spacial score (nSPS) is 17.3. The molecule has 0 bridgehead atoms. The third kappa shape index (κ3) is 5.76. The van der Waals surface area contributed by atoms with Gasteiger partial charge in [-0.3, -0.25) is 14.9 Å². The number of hydrogen-bond acceptors (Lipinski definition) is 9. The summed E-state index contributed by atoms with van der Waals surface area (Å²) in [6.45, 7) is 0.0234. The number of likely N-dealkylation sites (N-methyl/N-ethyl adjacent to an activating group) is 1. The maximum atomic E-state index is 12.8. The molecule has 3 rings (SSSR count). The highest BCUT2D eigenvalue weighted by molar-refractivity contribution is 6.00. The largest absolute Gasteiger partial charge is 0.507 e. The summed E-state index contributed by atoms with van der Waals surface area (Å²) >= 11 is 0. The molecule has 0 radical (unpaired) electrons. The molecule has 2 aromatic carbocycles. The Morgan fingerprint density at radius 3 is 2.57 bits per heavy atom. The number of phenolic OH excluding ortho intramolecular Hbond substituents is 1. The molecule has 1 atom stereocenters. The molecule has 0 saturated carbocycles. The van der Waals surface area contributed by atoms with Crippen LogP contribution in [0.1, 0.15) is 11.1 Å². The molecule has 1 aliphatic heterocycles. The fraction of sp³-hybridized carbons (Fsp3) is 0.250. The number of phenols is 1. The van der Waals surface area contributed by atoms with Crippen molar-refractivity contribution in [1.82, 2.24) is 9.80 Å². The average Bonchev–Trinajstić information content (AvgIpc) is 2.84. The molecule has 11 heteroatoms. The molecule has 184 valence electrons. The third-order valence-corrected chi connectivity index (χ3v) is 5.32. The van der Waals surface area contributed by atoms with Crippen LogP contribution in [0.2, 0.25) is 0 Å². The van der Waals surface area contributed by atoms with E-state index in [1.165, 1.54) is 34.2 Å². The fourth-order valence-electron chi connectivity index (χ4n) is 3.35. The highest BCUT2D eigenvalue weighted by Crippen LogP contribution is 2.31. The zero-order chi connectivity index (χ0) is 25.6. The van der Waals surface area contributed by atoms with E-state index in [-0.39, 0.29) is 30.2 Å². The molecular weight excluding hydrogens is 456 g/mol. The van der Waals surface area contributed by atoms with E-state index < -0.39 is 16.6 Å². The zero-order valence-electron chi connectivity index (χ0n) is 19.5. The second-order valence-electron chi connectivity index (χ2n) is 7.90. The molecule has 0 aliphatic carbocycles. The Hall–Kier alpha value is -4.38. The first-order chi connectivity index (χ1) is 16.7. The molecule has 0 fully saturated rings. The Morgan fingerprint density at radius 1 is 1.26 bits per heavy atom. The van der Waals surface area contributed by atoms with Gasteiger partial charge in [0.05, 0.1) is 23.7 Å². The second kappa shape index (κ2) is 10.7. The van der Waals surface area contributed by atoms with E-state index in [0.717, 1.165) is 17.8 Å². The summed E-state index contributed by atoms with van der Waals surface area (Å²) < 4.78 is 5.12. The summed E-state index contributed by atoms with van der Waals surface area (Å²) in [5, 5.41) is 36.8. The molecule has 1 amide bonds. The highest BCUT2D eigenvalue weighted by Gasteiger charge is 2.42. The number of non-ortho nitro benzene ring substituents is 1. The van der Waals surface area contributed by atoms with Gasteiger partial charge in [-0.05, 0) is 35.9 Å². The standard InChI is InChI=1S/C24H26N4O7/c1-26(2)23(30)21-5-4-12-27(14-18-8-9-19(28(32)33)13-22(18)29)24(21,31)16-25-35-15-17-6-10-20(34-3)11-7-17/h4-13,16,29,31H,14-15H2,1-3H3. The maximum absolute atomic E-state index is 12.8. The van der Waals surface area contributed by atoms with Crippen molar-refractivity contribution in [2.75, 3.05) is 21.2 Å². The highest BCUT2D eigenvalue weighted by atomic mass is 16.6. The van der Waals surface area contributed by atoms with Gasteiger partial charge in [-0.25, -0.2) is 0 Å². The molecule has 0 saturated heterocycles. The molecule has 35 heavy (non-hydrogen) atoms. The number of hydrogen-bond donors (Lipinski definition) is 2. The first-order valence-electron chi connectivity index (χ1n) is 10.5. The Kier molecular flexibility index (Phi) is 7.72. The smallest absolute Gasteiger partial charge is 0.273 e. The van der Waals surface area contributed by atoms with Crippen LogP contribution in [-0.4, -0.2) is 64.0 Å². The summed E-state index contributed by atoms with van der Waals surface area (Å²) in [6.07, 6.45) is 5.64. The van der Waals surface area contributed by atoms with Crippen molar-refractivity contribution in [3.8, 4) is 11.5 Å². The molecular formula is C24H26N4O7. The molecule has 11 nitrogen and oxygen atoms in total. The summed E-state index contributed by atoms with van der Waals surface area (Å²) in [4.78, 5) is 31.2. The number of carbonyl (C=O) groups is 1. The van der Waals surface area contributed by atoms with E-state index in [9.17, 15) is 25.1 Å². The summed E-state index contributed by atoms with van der Waals surface area (Å²) in [5.41, 5.74) is -1.18. The van der Waals surface area contributed by atoms with Crippen molar-refractivity contribution in [2.45, 2.75) is 18.9 Å². The first-order valence-corrected chi connectivity index (χ1v) is 10.5. The van der Waals surface area contributed by atoms with Crippen LogP contribution in [0.4, 0.5) is 5.69 Å². The van der Waals surface area contributed by atoms with Gasteiger partial charge in [-0.2, -0.15) is 0 Å². The molecule has 0 spiro atoms. The maximum Gasteiger partial charge on any atom is 0.273 e. The van der Waals surface area contributed by atoms with E-state index in [4.69, 9.17) is 9.57 Å². The Balaban J connectivity index is 1.85. The van der Waals surface area contributed by atoms with Crippen molar-refractivity contribution in [3.05, 3.63) is 87.6 Å². The van der Waals surface area contributed by atoms with Gasteiger partial charge >= 0.3 is 0 Å². The van der Waals surface area contributed by atoms with Crippen molar-refractivity contribution in [2.24, 2.45) is 5.16 Å². The molecule has 1 aliphatic rings. The summed E-state index contributed by atoms with van der Waals surface area (Å²) in [7, 11) is 4.66. The van der Waals surface area contributed by atoms with Crippen LogP contribution >= 0.6 is 0 Å². The molecule has 2 aromatic rings. The minimum absolute atomic E-state index is 0.00296. The number of ether oxygens (including phenoxy) is 1. The van der Waals surface area contributed by atoms with Crippen molar-refractivity contribution in [3.63, 3.8) is 0 Å². The molecule has 0 aromatic heterocycles. The van der Waals surface area contributed by atoms with Crippen LogP contribution in [0.15, 0.2) is 71.5 Å². The monoisotopic (exact) mass is 482 g/mol. The Bertz CT molecular complexity index is 1170. The van der Waals surface area contributed by atoms with Gasteiger partial charge in [0.25, 0.3) is 11.6 Å².